The minimum atomic E-state index is -0.0257. The molecular formula is C16H23ClN2OS. The Balaban J connectivity index is 1.55. The molecule has 0 spiro atoms. The van der Waals surface area contributed by atoms with Gasteiger partial charge in [0.25, 0.3) is 0 Å². The molecule has 3 nitrogen and oxygen atoms in total. The van der Waals surface area contributed by atoms with Crippen molar-refractivity contribution in [1.29, 1.82) is 0 Å². The van der Waals surface area contributed by atoms with Crippen LogP contribution in [0, 0.1) is 5.92 Å². The maximum Gasteiger partial charge on any atom is 0.237 e. The number of rotatable bonds is 3. The van der Waals surface area contributed by atoms with Gasteiger partial charge in [-0.3, -0.25) is 4.79 Å². The van der Waals surface area contributed by atoms with E-state index in [-0.39, 0.29) is 18.0 Å². The molecule has 1 saturated carbocycles. The van der Waals surface area contributed by atoms with Crippen molar-refractivity contribution in [1.82, 2.24) is 10.6 Å². The monoisotopic (exact) mass is 326 g/mol. The van der Waals surface area contributed by atoms with Gasteiger partial charge < -0.3 is 10.6 Å². The number of carbonyl (C=O) groups is 1. The van der Waals surface area contributed by atoms with Crippen molar-refractivity contribution in [3.8, 4) is 0 Å². The van der Waals surface area contributed by atoms with E-state index in [2.05, 4.69) is 10.6 Å². The summed E-state index contributed by atoms with van der Waals surface area (Å²) in [6, 6.07) is 4.43. The fourth-order valence-electron chi connectivity index (χ4n) is 3.65. The molecule has 1 aromatic heterocycles. The van der Waals surface area contributed by atoms with E-state index in [4.69, 9.17) is 11.6 Å². The smallest absolute Gasteiger partial charge is 0.237 e. The van der Waals surface area contributed by atoms with Crippen molar-refractivity contribution in [2.75, 3.05) is 0 Å². The summed E-state index contributed by atoms with van der Waals surface area (Å²) in [6.07, 6.45) is 7.36. The lowest BCUT2D eigenvalue weighted by Crippen LogP contribution is -2.55. The van der Waals surface area contributed by atoms with Crippen molar-refractivity contribution >= 4 is 28.8 Å². The molecule has 2 heterocycles. The van der Waals surface area contributed by atoms with E-state index in [1.165, 1.54) is 43.4 Å². The quantitative estimate of drug-likeness (QED) is 0.884. The number of fused-ring (bicyclic) bond motifs is 1. The normalized spacial score (nSPS) is 30.5. The van der Waals surface area contributed by atoms with E-state index < -0.39 is 0 Å². The van der Waals surface area contributed by atoms with E-state index in [1.807, 2.05) is 19.1 Å². The summed E-state index contributed by atoms with van der Waals surface area (Å²) in [5.41, 5.74) is 0. The van der Waals surface area contributed by atoms with Crippen molar-refractivity contribution < 1.29 is 4.79 Å². The van der Waals surface area contributed by atoms with Gasteiger partial charge in [-0.1, -0.05) is 24.4 Å². The molecule has 1 amide bonds. The Morgan fingerprint density at radius 3 is 2.90 bits per heavy atom. The largest absolute Gasteiger partial charge is 0.347 e. The zero-order chi connectivity index (χ0) is 14.8. The zero-order valence-corrected chi connectivity index (χ0v) is 14.0. The summed E-state index contributed by atoms with van der Waals surface area (Å²) in [5.74, 6) is 0.923. The van der Waals surface area contributed by atoms with Crippen LogP contribution in [0.1, 0.15) is 56.4 Å². The molecule has 1 aromatic rings. The molecule has 1 aliphatic carbocycles. The fraction of sp³-hybridized carbons (Fsp3) is 0.688. The van der Waals surface area contributed by atoms with Gasteiger partial charge in [-0.25, -0.2) is 0 Å². The summed E-state index contributed by atoms with van der Waals surface area (Å²) in [4.78, 5) is 13.6. The number of nitrogens with one attached hydrogen (secondary N) is 2. The number of halogens is 1. The van der Waals surface area contributed by atoms with Crippen LogP contribution in [0.5, 0.6) is 0 Å². The first-order valence-electron chi connectivity index (χ1n) is 7.95. The van der Waals surface area contributed by atoms with Crippen molar-refractivity contribution in [3.05, 3.63) is 21.3 Å². The first-order chi connectivity index (χ1) is 10.1. The van der Waals surface area contributed by atoms with Gasteiger partial charge in [-0.2, -0.15) is 0 Å². The lowest BCUT2D eigenvalue weighted by Gasteiger charge is -2.40. The highest BCUT2D eigenvalue weighted by molar-refractivity contribution is 7.16. The fourth-order valence-corrected chi connectivity index (χ4v) is 4.71. The third-order valence-electron chi connectivity index (χ3n) is 4.85. The van der Waals surface area contributed by atoms with Crippen LogP contribution in [-0.2, 0) is 4.79 Å². The van der Waals surface area contributed by atoms with Crippen LogP contribution >= 0.6 is 22.9 Å². The summed E-state index contributed by atoms with van der Waals surface area (Å²) < 4.78 is 0.770. The molecule has 0 bridgehead atoms. The summed E-state index contributed by atoms with van der Waals surface area (Å²) in [5, 5.41) is 6.71. The third kappa shape index (κ3) is 3.61. The molecule has 1 aliphatic heterocycles. The maximum atomic E-state index is 12.5. The van der Waals surface area contributed by atoms with E-state index in [0.717, 1.165) is 21.6 Å². The van der Waals surface area contributed by atoms with Gasteiger partial charge in [0, 0.05) is 10.9 Å². The Morgan fingerprint density at radius 2 is 2.14 bits per heavy atom. The summed E-state index contributed by atoms with van der Waals surface area (Å²) in [6.45, 7) is 2.02. The number of hydrogen-bond acceptors (Lipinski definition) is 3. The lowest BCUT2D eigenvalue weighted by atomic mass is 9.77. The predicted octanol–water partition coefficient (Wildman–Crippen LogP) is 3.89. The second kappa shape index (κ2) is 6.67. The Labute approximate surface area is 135 Å². The average Bonchev–Trinajstić information content (AvgIpc) is 2.93. The second-order valence-corrected chi connectivity index (χ2v) is 8.07. The molecule has 1 saturated heterocycles. The molecule has 2 aliphatic rings. The molecular weight excluding hydrogens is 304 g/mol. The van der Waals surface area contributed by atoms with Gasteiger partial charge >= 0.3 is 0 Å². The van der Waals surface area contributed by atoms with Crippen LogP contribution < -0.4 is 10.6 Å². The van der Waals surface area contributed by atoms with E-state index in [0.29, 0.717) is 6.04 Å². The molecule has 0 radical (unpaired) electrons. The SMILES string of the molecule is CC(NC(=O)C1CCC2CCCCC2N1)c1ccc(Cl)s1. The molecule has 0 aromatic carbocycles. The molecule has 4 atom stereocenters. The zero-order valence-electron chi connectivity index (χ0n) is 12.4. The minimum absolute atomic E-state index is 0.0257. The average molecular weight is 327 g/mol. The first-order valence-corrected chi connectivity index (χ1v) is 9.14. The molecule has 2 N–H and O–H groups in total. The topological polar surface area (TPSA) is 41.1 Å². The third-order valence-corrected chi connectivity index (χ3v) is 6.26. The van der Waals surface area contributed by atoms with Gasteiger partial charge in [0.2, 0.25) is 5.91 Å². The number of thiophene rings is 1. The summed E-state index contributed by atoms with van der Waals surface area (Å²) in [7, 11) is 0. The highest BCUT2D eigenvalue weighted by Crippen LogP contribution is 2.32. The van der Waals surface area contributed by atoms with E-state index >= 15 is 0 Å². The van der Waals surface area contributed by atoms with Crippen LogP contribution in [0.3, 0.4) is 0 Å². The minimum Gasteiger partial charge on any atom is -0.347 e. The second-order valence-electron chi connectivity index (χ2n) is 6.32. The van der Waals surface area contributed by atoms with Crippen LogP contribution in [-0.4, -0.2) is 18.0 Å². The van der Waals surface area contributed by atoms with Gasteiger partial charge in [0.05, 0.1) is 16.4 Å². The Morgan fingerprint density at radius 1 is 1.33 bits per heavy atom. The number of hydrogen-bond donors (Lipinski definition) is 2. The van der Waals surface area contributed by atoms with Crippen LogP contribution in [0.4, 0.5) is 0 Å². The van der Waals surface area contributed by atoms with E-state index in [1.54, 1.807) is 0 Å². The van der Waals surface area contributed by atoms with Gasteiger partial charge in [-0.15, -0.1) is 11.3 Å². The van der Waals surface area contributed by atoms with E-state index in [9.17, 15) is 4.79 Å². The predicted molar refractivity (Wildman–Crippen MR) is 87.8 cm³/mol. The van der Waals surface area contributed by atoms with Crippen molar-refractivity contribution in [2.45, 2.75) is 63.6 Å². The molecule has 116 valence electrons. The van der Waals surface area contributed by atoms with Crippen molar-refractivity contribution in [2.24, 2.45) is 5.92 Å². The van der Waals surface area contributed by atoms with Gasteiger partial charge in [0.15, 0.2) is 0 Å². The first kappa shape index (κ1) is 15.3. The highest BCUT2D eigenvalue weighted by atomic mass is 35.5. The standard InChI is InChI=1S/C16H23ClN2OS/c1-10(14-8-9-15(17)21-14)18-16(20)13-7-6-11-4-2-3-5-12(11)19-13/h8-13,19H,2-7H2,1H3,(H,18,20). The van der Waals surface area contributed by atoms with Gasteiger partial charge in [-0.05, 0) is 50.7 Å². The van der Waals surface area contributed by atoms with Gasteiger partial charge in [0.1, 0.15) is 0 Å². The molecule has 5 heteroatoms. The highest BCUT2D eigenvalue weighted by Gasteiger charge is 2.34. The Bertz CT molecular complexity index is 504. The maximum absolute atomic E-state index is 12.5. The van der Waals surface area contributed by atoms with Crippen LogP contribution in [0.25, 0.3) is 0 Å². The molecule has 3 rings (SSSR count). The number of amides is 1. The molecule has 2 fully saturated rings. The number of piperidine rings is 1. The molecule has 4 unspecified atom stereocenters. The van der Waals surface area contributed by atoms with Crippen molar-refractivity contribution in [3.63, 3.8) is 0 Å². The summed E-state index contributed by atoms with van der Waals surface area (Å²) >= 11 is 7.49. The van der Waals surface area contributed by atoms with Crippen LogP contribution in [0.2, 0.25) is 4.34 Å². The Kier molecular flexibility index (Phi) is 4.87. The lowest BCUT2D eigenvalue weighted by molar-refractivity contribution is -0.125. The Hall–Kier alpha value is -0.580. The molecule has 21 heavy (non-hydrogen) atoms. The van der Waals surface area contributed by atoms with Crippen LogP contribution in [0.15, 0.2) is 12.1 Å². The number of carbonyl (C=O) groups excluding carboxylic acids is 1.